The summed E-state index contributed by atoms with van der Waals surface area (Å²) in [6, 6.07) is 19.2. The predicted molar refractivity (Wildman–Crippen MR) is 134 cm³/mol. The highest BCUT2D eigenvalue weighted by molar-refractivity contribution is 9.11. The zero-order chi connectivity index (χ0) is 22.0. The van der Waals surface area contributed by atoms with Gasteiger partial charge in [-0.05, 0) is 80.2 Å². The van der Waals surface area contributed by atoms with E-state index in [9.17, 15) is 4.79 Å². The number of fused-ring (bicyclic) bond motifs is 1. The van der Waals surface area contributed by atoms with Gasteiger partial charge in [-0.1, -0.05) is 46.3 Å². The third-order valence-electron chi connectivity index (χ3n) is 4.54. The van der Waals surface area contributed by atoms with Crippen molar-refractivity contribution >= 4 is 64.9 Å². The van der Waals surface area contributed by atoms with E-state index >= 15 is 0 Å². The summed E-state index contributed by atoms with van der Waals surface area (Å²) in [5.41, 5.74) is 2.30. The maximum Gasteiger partial charge on any atom is 0.282 e. The average molecular weight is 606 g/mol. The second kappa shape index (κ2) is 9.46. The fourth-order valence-electron chi connectivity index (χ4n) is 3.04. The van der Waals surface area contributed by atoms with Crippen molar-refractivity contribution in [1.29, 1.82) is 0 Å². The fraction of sp³-hybridized carbons (Fsp3) is 0.0870. The molecule has 0 spiro atoms. The average Bonchev–Trinajstić information content (AvgIpc) is 2.74. The summed E-state index contributed by atoms with van der Waals surface area (Å²) in [6.45, 7) is 2.21. The van der Waals surface area contributed by atoms with Crippen molar-refractivity contribution in [2.24, 2.45) is 5.10 Å². The third kappa shape index (κ3) is 4.97. The number of aryl methyl sites for hydroxylation is 1. The van der Waals surface area contributed by atoms with E-state index in [0.29, 0.717) is 29.1 Å². The zero-order valence-corrected chi connectivity index (χ0v) is 21.1. The minimum atomic E-state index is -0.221. The van der Waals surface area contributed by atoms with Gasteiger partial charge in [-0.25, -0.2) is 4.98 Å². The molecule has 0 N–H and O–H groups in total. The highest BCUT2D eigenvalue weighted by Gasteiger charge is 2.10. The summed E-state index contributed by atoms with van der Waals surface area (Å²) in [4.78, 5) is 17.4. The van der Waals surface area contributed by atoms with E-state index in [1.165, 1.54) is 4.68 Å². The van der Waals surface area contributed by atoms with Gasteiger partial charge in [0.15, 0.2) is 0 Å². The number of halogens is 3. The second-order valence-electron chi connectivity index (χ2n) is 6.77. The van der Waals surface area contributed by atoms with Crippen LogP contribution in [0.2, 0.25) is 0 Å². The summed E-state index contributed by atoms with van der Waals surface area (Å²) in [5.74, 6) is 1.21. The van der Waals surface area contributed by atoms with Crippen molar-refractivity contribution in [1.82, 2.24) is 9.66 Å². The van der Waals surface area contributed by atoms with Gasteiger partial charge in [-0.15, -0.1) is 0 Å². The Bertz CT molecular complexity index is 1330. The van der Waals surface area contributed by atoms with Gasteiger partial charge < -0.3 is 4.74 Å². The minimum absolute atomic E-state index is 0.221. The molecule has 156 valence electrons. The Morgan fingerprint density at radius 1 is 1.03 bits per heavy atom. The highest BCUT2D eigenvalue weighted by atomic mass is 79.9. The van der Waals surface area contributed by atoms with Gasteiger partial charge in [0, 0.05) is 4.47 Å². The van der Waals surface area contributed by atoms with Gasteiger partial charge in [0.2, 0.25) is 0 Å². The number of aromatic nitrogens is 2. The molecule has 0 bridgehead atoms. The van der Waals surface area contributed by atoms with Crippen LogP contribution in [0.5, 0.6) is 5.75 Å². The lowest BCUT2D eigenvalue weighted by Gasteiger charge is -2.11. The van der Waals surface area contributed by atoms with Crippen molar-refractivity contribution in [3.05, 3.63) is 101 Å². The van der Waals surface area contributed by atoms with E-state index in [4.69, 9.17) is 4.74 Å². The largest absolute Gasteiger partial charge is 0.487 e. The van der Waals surface area contributed by atoms with Gasteiger partial charge in [0.05, 0.1) is 26.1 Å². The zero-order valence-electron chi connectivity index (χ0n) is 16.3. The molecular formula is C23H16Br3N3O2. The molecule has 0 atom stereocenters. The Balaban J connectivity index is 1.62. The van der Waals surface area contributed by atoms with Crippen LogP contribution in [0.4, 0.5) is 0 Å². The smallest absolute Gasteiger partial charge is 0.282 e. The maximum absolute atomic E-state index is 12.9. The molecule has 0 radical (unpaired) electrons. The van der Waals surface area contributed by atoms with Crippen LogP contribution in [0, 0.1) is 6.92 Å². The third-order valence-corrected chi connectivity index (χ3v) is 6.21. The minimum Gasteiger partial charge on any atom is -0.487 e. The van der Waals surface area contributed by atoms with Crippen LogP contribution in [0.25, 0.3) is 10.9 Å². The second-order valence-corrected chi connectivity index (χ2v) is 9.39. The quantitative estimate of drug-likeness (QED) is 0.246. The molecule has 0 saturated heterocycles. The highest BCUT2D eigenvalue weighted by Crippen LogP contribution is 2.35. The normalized spacial score (nSPS) is 11.4. The van der Waals surface area contributed by atoms with Gasteiger partial charge in [0.25, 0.3) is 5.56 Å². The number of hydrogen-bond acceptors (Lipinski definition) is 4. The molecule has 8 heteroatoms. The van der Waals surface area contributed by atoms with Crippen LogP contribution >= 0.6 is 47.8 Å². The van der Waals surface area contributed by atoms with Gasteiger partial charge in [-0.3, -0.25) is 4.79 Å². The van der Waals surface area contributed by atoms with Crippen molar-refractivity contribution in [3.8, 4) is 5.75 Å². The fourth-order valence-corrected chi connectivity index (χ4v) is 4.85. The molecule has 1 aromatic heterocycles. The first-order chi connectivity index (χ1) is 14.9. The predicted octanol–water partition coefficient (Wildman–Crippen LogP) is 6.45. The number of benzene rings is 3. The Morgan fingerprint density at radius 2 is 1.74 bits per heavy atom. The number of hydrogen-bond donors (Lipinski definition) is 0. The van der Waals surface area contributed by atoms with Gasteiger partial charge >= 0.3 is 0 Å². The molecule has 1 heterocycles. The summed E-state index contributed by atoms with van der Waals surface area (Å²) >= 11 is 10.5. The first-order valence-electron chi connectivity index (χ1n) is 9.31. The summed E-state index contributed by atoms with van der Waals surface area (Å²) in [6.07, 6.45) is 1.62. The van der Waals surface area contributed by atoms with Crippen molar-refractivity contribution in [2.45, 2.75) is 13.5 Å². The lowest BCUT2D eigenvalue weighted by molar-refractivity contribution is 0.302. The van der Waals surface area contributed by atoms with Crippen LogP contribution in [-0.2, 0) is 6.61 Å². The molecule has 0 aliphatic heterocycles. The molecule has 31 heavy (non-hydrogen) atoms. The lowest BCUT2D eigenvalue weighted by atomic mass is 10.2. The molecule has 0 aliphatic rings. The van der Waals surface area contributed by atoms with Crippen LogP contribution in [-0.4, -0.2) is 15.9 Å². The topological polar surface area (TPSA) is 56.5 Å². The van der Waals surface area contributed by atoms with E-state index in [1.807, 2.05) is 54.6 Å². The molecule has 5 nitrogen and oxygen atoms in total. The monoisotopic (exact) mass is 603 g/mol. The molecule has 4 rings (SSSR count). The van der Waals surface area contributed by atoms with E-state index in [-0.39, 0.29) is 5.56 Å². The van der Waals surface area contributed by atoms with Crippen molar-refractivity contribution in [3.63, 3.8) is 0 Å². The van der Waals surface area contributed by atoms with Crippen LogP contribution < -0.4 is 10.3 Å². The van der Waals surface area contributed by atoms with Crippen molar-refractivity contribution < 1.29 is 4.74 Å². The molecule has 0 amide bonds. The van der Waals surface area contributed by atoms with Crippen LogP contribution in [0.3, 0.4) is 0 Å². The maximum atomic E-state index is 12.9. The molecule has 0 unspecified atom stereocenters. The molecule has 3 aromatic carbocycles. The Hall–Kier alpha value is -2.29. The summed E-state index contributed by atoms with van der Waals surface area (Å²) in [7, 11) is 0. The van der Waals surface area contributed by atoms with E-state index < -0.39 is 0 Å². The van der Waals surface area contributed by atoms with E-state index in [1.54, 1.807) is 19.2 Å². The first kappa shape index (κ1) is 21.9. The van der Waals surface area contributed by atoms with Crippen LogP contribution in [0.1, 0.15) is 17.0 Å². The molecule has 0 fully saturated rings. The van der Waals surface area contributed by atoms with E-state index in [0.717, 1.165) is 24.5 Å². The molecular weight excluding hydrogens is 590 g/mol. The Morgan fingerprint density at radius 3 is 2.45 bits per heavy atom. The Labute approximate surface area is 204 Å². The van der Waals surface area contributed by atoms with Gasteiger partial charge in [0.1, 0.15) is 18.2 Å². The SMILES string of the molecule is Cc1nc2ccc(Br)cc2c(=O)n1N=Cc1cc(Br)c(OCc2ccccc2)c(Br)c1. The molecule has 0 aliphatic carbocycles. The van der Waals surface area contributed by atoms with E-state index in [2.05, 4.69) is 57.9 Å². The summed E-state index contributed by atoms with van der Waals surface area (Å²) in [5, 5.41) is 4.88. The molecule has 0 saturated carbocycles. The Kier molecular flexibility index (Phi) is 6.69. The standard InChI is InChI=1S/C23H16Br3N3O2/c1-14-28-21-8-7-17(24)11-18(21)23(30)29(14)27-12-16-9-19(25)22(20(26)10-16)31-13-15-5-3-2-4-6-15/h2-12H,13H2,1H3. The van der Waals surface area contributed by atoms with Gasteiger partial charge in [-0.2, -0.15) is 9.78 Å². The lowest BCUT2D eigenvalue weighted by Crippen LogP contribution is -2.20. The van der Waals surface area contributed by atoms with Crippen molar-refractivity contribution in [2.75, 3.05) is 0 Å². The molecule has 4 aromatic rings. The number of nitrogens with zero attached hydrogens (tertiary/aromatic N) is 3. The first-order valence-corrected chi connectivity index (χ1v) is 11.7. The number of ether oxygens (including phenoxy) is 1. The summed E-state index contributed by atoms with van der Waals surface area (Å²) < 4.78 is 9.64. The number of rotatable bonds is 5. The van der Waals surface area contributed by atoms with Crippen LogP contribution in [0.15, 0.2) is 84.0 Å².